The molecule has 0 unspecified atom stereocenters. The Kier molecular flexibility index (Phi) is 5.17. The molecule has 0 aliphatic heterocycles. The van der Waals surface area contributed by atoms with Gasteiger partial charge in [0.15, 0.2) is 0 Å². The molecule has 0 N–H and O–H groups in total. The maximum Gasteiger partial charge on any atom is 0.142 e. The van der Waals surface area contributed by atoms with Crippen LogP contribution >= 0.6 is 0 Å². The van der Waals surface area contributed by atoms with Crippen molar-refractivity contribution < 1.29 is 32.0 Å². The van der Waals surface area contributed by atoms with Crippen molar-refractivity contribution in [2.45, 2.75) is 27.7 Å². The van der Waals surface area contributed by atoms with Crippen molar-refractivity contribution >= 4 is 11.6 Å². The largest absolute Gasteiger partial charge is 0.299 e. The molecule has 63 valence electrons. The molecule has 0 aromatic heterocycles. The average molecular weight is 325 g/mol. The fourth-order valence-electron chi connectivity index (χ4n) is 0.248. The van der Waals surface area contributed by atoms with E-state index >= 15 is 0 Å². The number of hydrogen-bond acceptors (Lipinski definition) is 2. The summed E-state index contributed by atoms with van der Waals surface area (Å²) in [7, 11) is 0. The van der Waals surface area contributed by atoms with Crippen LogP contribution in [0.2, 0.25) is 0 Å². The van der Waals surface area contributed by atoms with E-state index in [4.69, 9.17) is 0 Å². The average Bonchev–Trinajstić information content (AvgIpc) is 1.65. The van der Waals surface area contributed by atoms with Gasteiger partial charge in [-0.2, -0.15) is 0 Å². The van der Waals surface area contributed by atoms with Crippen molar-refractivity contribution in [2.75, 3.05) is 0 Å². The van der Waals surface area contributed by atoms with Gasteiger partial charge in [0.1, 0.15) is 11.6 Å². The van der Waals surface area contributed by atoms with Crippen LogP contribution in [-0.4, -0.2) is 11.6 Å². The van der Waals surface area contributed by atoms with Gasteiger partial charge in [0, 0.05) is 22.4 Å². The molecular weight excluding hydrogens is 313 g/mol. The molecule has 0 amide bonds. The first-order chi connectivity index (χ1) is 3.89. The van der Waals surface area contributed by atoms with E-state index in [9.17, 15) is 9.59 Å². The van der Waals surface area contributed by atoms with E-state index in [0.29, 0.717) is 0 Å². The molecule has 0 saturated carbocycles. The smallest absolute Gasteiger partial charge is 0.142 e. The summed E-state index contributed by atoms with van der Waals surface area (Å²) in [6.45, 7) is 6.14. The Hall–Kier alpha value is 0.0803. The molecule has 2 nitrogen and oxygen atoms in total. The first-order valence-electron chi connectivity index (χ1n) is 2.91. The van der Waals surface area contributed by atoms with Gasteiger partial charge in [-0.05, 0) is 27.7 Å². The Balaban J connectivity index is 0. The van der Waals surface area contributed by atoms with E-state index in [1.165, 1.54) is 13.8 Å². The van der Waals surface area contributed by atoms with Gasteiger partial charge >= 0.3 is 0 Å². The van der Waals surface area contributed by atoms with Crippen molar-refractivity contribution in [3.63, 3.8) is 0 Å². The normalized spacial score (nSPS) is 10.0. The Morgan fingerprint density at radius 3 is 1.20 bits per heavy atom. The zero-order valence-corrected chi connectivity index (χ0v) is 8.78. The first kappa shape index (κ1) is 12.7. The van der Waals surface area contributed by atoms with Crippen LogP contribution in [0, 0.1) is 5.41 Å². The molecule has 0 aliphatic carbocycles. The molecule has 0 rings (SSSR count). The van der Waals surface area contributed by atoms with Crippen LogP contribution in [-0.2, 0) is 32.0 Å². The maximum atomic E-state index is 10.7. The molecule has 3 heteroatoms. The quantitative estimate of drug-likeness (QED) is 0.565. The van der Waals surface area contributed by atoms with Gasteiger partial charge in [0.05, 0.1) is 5.41 Å². The van der Waals surface area contributed by atoms with E-state index in [-0.39, 0.29) is 33.9 Å². The minimum Gasteiger partial charge on any atom is -0.299 e. The molecule has 0 saturated heterocycles. The van der Waals surface area contributed by atoms with Gasteiger partial charge in [-0.15, -0.1) is 0 Å². The molecule has 0 aromatic carbocycles. The van der Waals surface area contributed by atoms with Crippen molar-refractivity contribution in [1.29, 1.82) is 0 Å². The van der Waals surface area contributed by atoms with Gasteiger partial charge in [-0.3, -0.25) is 9.59 Å². The molecule has 1 radical (unpaired) electrons. The fourth-order valence-corrected chi connectivity index (χ4v) is 0.248. The summed E-state index contributed by atoms with van der Waals surface area (Å²) in [5, 5.41) is 0. The molecule has 0 spiro atoms. The zero-order chi connectivity index (χ0) is 7.65. The summed E-state index contributed by atoms with van der Waals surface area (Å²) in [4.78, 5) is 21.4. The third-order valence-electron chi connectivity index (χ3n) is 1.76. The first-order valence-corrected chi connectivity index (χ1v) is 2.91. The molecule has 0 bridgehead atoms. The van der Waals surface area contributed by atoms with Gasteiger partial charge in [0.2, 0.25) is 0 Å². The van der Waals surface area contributed by atoms with Crippen LogP contribution in [0.4, 0.5) is 0 Å². The second-order valence-corrected chi connectivity index (χ2v) is 2.74. The van der Waals surface area contributed by atoms with Gasteiger partial charge < -0.3 is 0 Å². The Morgan fingerprint density at radius 2 is 1.20 bits per heavy atom. The Labute approximate surface area is 76.9 Å². The topological polar surface area (TPSA) is 34.1 Å². The van der Waals surface area contributed by atoms with Crippen LogP contribution in [0.15, 0.2) is 0 Å². The molecule has 0 aromatic rings. The zero-order valence-electron chi connectivity index (χ0n) is 6.62. The number of hydrogen-bond donors (Lipinski definition) is 0. The maximum absolute atomic E-state index is 10.7. The molecule has 0 atom stereocenters. The van der Waals surface area contributed by atoms with E-state index in [1.807, 2.05) is 0 Å². The fraction of sp³-hybridized carbons (Fsp3) is 0.714. The van der Waals surface area contributed by atoms with Gasteiger partial charge in [-0.25, -0.2) is 0 Å². The van der Waals surface area contributed by atoms with Crippen LogP contribution in [0.5, 0.6) is 0 Å². The van der Waals surface area contributed by atoms with E-state index < -0.39 is 5.41 Å². The SMILES string of the molecule is CC(=O)C(C)(C)C(C)=O.[Au]. The van der Waals surface area contributed by atoms with Crippen molar-refractivity contribution in [3.05, 3.63) is 0 Å². The summed E-state index contributed by atoms with van der Waals surface area (Å²) in [6.07, 6.45) is 0. The molecule has 10 heavy (non-hydrogen) atoms. The van der Waals surface area contributed by atoms with Crippen LogP contribution in [0.3, 0.4) is 0 Å². The summed E-state index contributed by atoms with van der Waals surface area (Å²) >= 11 is 0. The monoisotopic (exact) mass is 325 g/mol. The van der Waals surface area contributed by atoms with E-state index in [1.54, 1.807) is 13.8 Å². The van der Waals surface area contributed by atoms with Gasteiger partial charge in [-0.1, -0.05) is 0 Å². The molecule has 0 heterocycles. The van der Waals surface area contributed by atoms with Crippen LogP contribution in [0.25, 0.3) is 0 Å². The summed E-state index contributed by atoms with van der Waals surface area (Å²) in [5.41, 5.74) is -0.778. The number of rotatable bonds is 2. The van der Waals surface area contributed by atoms with Crippen molar-refractivity contribution in [3.8, 4) is 0 Å². The summed E-state index contributed by atoms with van der Waals surface area (Å²) < 4.78 is 0. The standard InChI is InChI=1S/C7H12O2.Au/c1-5(8)7(3,4)6(2)9;/h1-4H3;. The molecule has 0 fully saturated rings. The number of carbonyl (C=O) groups excluding carboxylic acids is 2. The number of carbonyl (C=O) groups is 2. The third kappa shape index (κ3) is 2.78. The van der Waals surface area contributed by atoms with E-state index in [0.717, 1.165) is 0 Å². The van der Waals surface area contributed by atoms with Crippen LogP contribution < -0.4 is 0 Å². The number of ketones is 2. The van der Waals surface area contributed by atoms with E-state index in [2.05, 4.69) is 0 Å². The minimum absolute atomic E-state index is 0. The van der Waals surface area contributed by atoms with Crippen molar-refractivity contribution in [1.82, 2.24) is 0 Å². The Bertz CT molecular complexity index is 134. The third-order valence-corrected chi connectivity index (χ3v) is 1.76. The van der Waals surface area contributed by atoms with Crippen LogP contribution in [0.1, 0.15) is 27.7 Å². The van der Waals surface area contributed by atoms with Crippen molar-refractivity contribution in [2.24, 2.45) is 5.41 Å². The second-order valence-electron chi connectivity index (χ2n) is 2.74. The second kappa shape index (κ2) is 4.06. The number of Topliss-reactive ketones (excluding diaryl/α,β-unsaturated/α-hetero) is 2. The summed E-state index contributed by atoms with van der Waals surface area (Å²) in [6, 6.07) is 0. The Morgan fingerprint density at radius 1 is 1.00 bits per heavy atom. The molecule has 0 aliphatic rings. The predicted octanol–water partition coefficient (Wildman–Crippen LogP) is 1.19. The minimum atomic E-state index is -0.778. The molecular formula is C7H12AuO2. The van der Waals surface area contributed by atoms with Gasteiger partial charge in [0.25, 0.3) is 0 Å². The summed E-state index contributed by atoms with van der Waals surface area (Å²) in [5.74, 6) is -0.148. The predicted molar refractivity (Wildman–Crippen MR) is 35.1 cm³/mol.